The normalized spacial score (nSPS) is 12.1. The number of rotatable bonds is 5. The van der Waals surface area contributed by atoms with E-state index in [-0.39, 0.29) is 33.0 Å². The Morgan fingerprint density at radius 3 is 2.44 bits per heavy atom. The zero-order chi connectivity index (χ0) is 13.9. The van der Waals surface area contributed by atoms with E-state index in [0.717, 1.165) is 0 Å². The minimum Gasteiger partial charge on any atom is -0.392 e. The van der Waals surface area contributed by atoms with Crippen molar-refractivity contribution in [3.8, 4) is 0 Å². The number of nitrogens with one attached hydrogen (secondary N) is 1. The molecule has 18 heavy (non-hydrogen) atoms. The van der Waals surface area contributed by atoms with E-state index < -0.39 is 10.0 Å². The molecule has 0 radical (unpaired) electrons. The summed E-state index contributed by atoms with van der Waals surface area (Å²) in [5.74, 6) is 0.176. The van der Waals surface area contributed by atoms with Gasteiger partial charge in [0.2, 0.25) is 10.0 Å². The number of halogens is 2. The van der Waals surface area contributed by atoms with Crippen molar-refractivity contribution >= 4 is 33.2 Å². The Balaban J connectivity index is 3.20. The molecule has 2 N–H and O–H groups in total. The molecule has 102 valence electrons. The highest BCUT2D eigenvalue weighted by molar-refractivity contribution is 7.89. The molecule has 1 rings (SSSR count). The number of sulfonamides is 1. The molecule has 0 aromatic heterocycles. The molecule has 0 aliphatic rings. The first-order chi connectivity index (χ1) is 8.27. The van der Waals surface area contributed by atoms with Crippen LogP contribution in [-0.4, -0.2) is 20.1 Å². The maximum absolute atomic E-state index is 12.0. The summed E-state index contributed by atoms with van der Waals surface area (Å²) in [5, 5.41) is 9.31. The minimum absolute atomic E-state index is 0.00171. The SMILES string of the molecule is CC(C)CNS(=O)(=O)c1cc(Cl)cc(CO)c1Cl. The Kier molecular flexibility index (Phi) is 5.43. The molecule has 0 amide bonds. The molecule has 4 nitrogen and oxygen atoms in total. The van der Waals surface area contributed by atoms with Gasteiger partial charge < -0.3 is 5.11 Å². The summed E-state index contributed by atoms with van der Waals surface area (Å²) in [6.07, 6.45) is 0. The average Bonchev–Trinajstić information content (AvgIpc) is 2.29. The number of aliphatic hydroxyl groups is 1. The molecule has 0 aliphatic heterocycles. The van der Waals surface area contributed by atoms with E-state index in [0.29, 0.717) is 6.54 Å². The molecule has 0 bridgehead atoms. The van der Waals surface area contributed by atoms with Crippen LogP contribution >= 0.6 is 23.2 Å². The number of aliphatic hydroxyl groups excluding tert-OH is 1. The second-order valence-electron chi connectivity index (χ2n) is 4.28. The van der Waals surface area contributed by atoms with Crippen LogP contribution in [0.5, 0.6) is 0 Å². The van der Waals surface area contributed by atoms with Crippen LogP contribution in [0.4, 0.5) is 0 Å². The highest BCUT2D eigenvalue weighted by Crippen LogP contribution is 2.29. The fourth-order valence-corrected chi connectivity index (χ4v) is 3.42. The van der Waals surface area contributed by atoms with Gasteiger partial charge in [-0.05, 0) is 23.6 Å². The first-order valence-electron chi connectivity index (χ1n) is 5.36. The highest BCUT2D eigenvalue weighted by atomic mass is 35.5. The van der Waals surface area contributed by atoms with Gasteiger partial charge in [-0.25, -0.2) is 13.1 Å². The van der Waals surface area contributed by atoms with Crippen molar-refractivity contribution < 1.29 is 13.5 Å². The fraction of sp³-hybridized carbons (Fsp3) is 0.455. The Labute approximate surface area is 117 Å². The van der Waals surface area contributed by atoms with Crippen LogP contribution in [0.3, 0.4) is 0 Å². The van der Waals surface area contributed by atoms with Crippen LogP contribution in [0.2, 0.25) is 10.0 Å². The molecule has 7 heteroatoms. The summed E-state index contributed by atoms with van der Waals surface area (Å²) < 4.78 is 26.5. The van der Waals surface area contributed by atoms with Gasteiger partial charge in [0.15, 0.2) is 0 Å². The molecular formula is C11H15Cl2NO3S. The molecule has 0 heterocycles. The molecule has 0 fully saturated rings. The Morgan fingerprint density at radius 1 is 1.33 bits per heavy atom. The van der Waals surface area contributed by atoms with Gasteiger partial charge in [-0.15, -0.1) is 0 Å². The molecule has 0 saturated carbocycles. The first-order valence-corrected chi connectivity index (χ1v) is 7.60. The monoisotopic (exact) mass is 311 g/mol. The highest BCUT2D eigenvalue weighted by Gasteiger charge is 2.20. The number of hydrogen-bond acceptors (Lipinski definition) is 3. The lowest BCUT2D eigenvalue weighted by atomic mass is 10.2. The second-order valence-corrected chi connectivity index (χ2v) is 6.83. The minimum atomic E-state index is -3.72. The van der Waals surface area contributed by atoms with Crippen molar-refractivity contribution in [2.24, 2.45) is 5.92 Å². The van der Waals surface area contributed by atoms with Gasteiger partial charge in [0.05, 0.1) is 11.6 Å². The standard InChI is InChI=1S/C11H15Cl2NO3S/c1-7(2)5-14-18(16,17)10-4-9(12)3-8(6-15)11(10)13/h3-4,7,14-15H,5-6H2,1-2H3. The van der Waals surface area contributed by atoms with Gasteiger partial charge in [0, 0.05) is 11.6 Å². The molecule has 0 aliphatic carbocycles. The van der Waals surface area contributed by atoms with E-state index >= 15 is 0 Å². The van der Waals surface area contributed by atoms with Crippen molar-refractivity contribution in [1.82, 2.24) is 4.72 Å². The van der Waals surface area contributed by atoms with Crippen LogP contribution < -0.4 is 4.72 Å². The predicted octanol–water partition coefficient (Wildman–Crippen LogP) is 2.42. The average molecular weight is 312 g/mol. The molecule has 0 saturated heterocycles. The van der Waals surface area contributed by atoms with Crippen LogP contribution in [0.25, 0.3) is 0 Å². The molecular weight excluding hydrogens is 297 g/mol. The summed E-state index contributed by atoms with van der Waals surface area (Å²) in [5.41, 5.74) is 0.286. The van der Waals surface area contributed by atoms with Crippen molar-refractivity contribution in [2.45, 2.75) is 25.3 Å². The van der Waals surface area contributed by atoms with Crippen molar-refractivity contribution in [1.29, 1.82) is 0 Å². The van der Waals surface area contributed by atoms with Crippen LogP contribution in [0.1, 0.15) is 19.4 Å². The number of hydrogen-bond donors (Lipinski definition) is 2. The van der Waals surface area contributed by atoms with Gasteiger partial charge in [-0.2, -0.15) is 0 Å². The quantitative estimate of drug-likeness (QED) is 0.877. The lowest BCUT2D eigenvalue weighted by Crippen LogP contribution is -2.28. The zero-order valence-corrected chi connectivity index (χ0v) is 12.4. The third-order valence-electron chi connectivity index (χ3n) is 2.22. The molecule has 0 spiro atoms. The largest absolute Gasteiger partial charge is 0.392 e. The summed E-state index contributed by atoms with van der Waals surface area (Å²) >= 11 is 11.8. The summed E-state index contributed by atoms with van der Waals surface area (Å²) in [6, 6.07) is 2.71. The Hall–Kier alpha value is -0.330. The van der Waals surface area contributed by atoms with Gasteiger partial charge in [-0.3, -0.25) is 0 Å². The van der Waals surface area contributed by atoms with Crippen molar-refractivity contribution in [3.63, 3.8) is 0 Å². The fourth-order valence-electron chi connectivity index (χ4n) is 1.28. The summed E-state index contributed by atoms with van der Waals surface area (Å²) in [4.78, 5) is -0.110. The van der Waals surface area contributed by atoms with Gasteiger partial charge >= 0.3 is 0 Å². The van der Waals surface area contributed by atoms with E-state index in [1.807, 2.05) is 13.8 Å². The van der Waals surface area contributed by atoms with E-state index in [4.69, 9.17) is 28.3 Å². The molecule has 1 aromatic carbocycles. The Bertz CT molecular complexity index is 529. The third kappa shape index (κ3) is 3.83. The maximum Gasteiger partial charge on any atom is 0.242 e. The predicted molar refractivity (Wildman–Crippen MR) is 72.4 cm³/mol. The summed E-state index contributed by atoms with van der Waals surface area (Å²) in [6.45, 7) is 3.72. The van der Waals surface area contributed by atoms with Gasteiger partial charge in [0.1, 0.15) is 4.90 Å². The lowest BCUT2D eigenvalue weighted by molar-refractivity contribution is 0.281. The van der Waals surface area contributed by atoms with Crippen molar-refractivity contribution in [2.75, 3.05) is 6.54 Å². The second kappa shape index (κ2) is 6.21. The number of benzene rings is 1. The third-order valence-corrected chi connectivity index (χ3v) is 4.45. The van der Waals surface area contributed by atoms with E-state index in [2.05, 4.69) is 4.72 Å². The van der Waals surface area contributed by atoms with E-state index in [1.54, 1.807) is 0 Å². The van der Waals surface area contributed by atoms with Gasteiger partial charge in [-0.1, -0.05) is 37.0 Å². The smallest absolute Gasteiger partial charge is 0.242 e. The maximum atomic E-state index is 12.0. The van der Waals surface area contributed by atoms with Gasteiger partial charge in [0.25, 0.3) is 0 Å². The lowest BCUT2D eigenvalue weighted by Gasteiger charge is -2.12. The first kappa shape index (κ1) is 15.7. The van der Waals surface area contributed by atoms with Crippen LogP contribution in [0, 0.1) is 5.92 Å². The Morgan fingerprint density at radius 2 is 1.94 bits per heavy atom. The molecule has 1 aromatic rings. The zero-order valence-electron chi connectivity index (χ0n) is 10.1. The van der Waals surface area contributed by atoms with Crippen molar-refractivity contribution in [3.05, 3.63) is 27.7 Å². The van der Waals surface area contributed by atoms with Crippen LogP contribution in [-0.2, 0) is 16.6 Å². The van der Waals surface area contributed by atoms with Crippen LogP contribution in [0.15, 0.2) is 17.0 Å². The van der Waals surface area contributed by atoms with E-state index in [1.165, 1.54) is 12.1 Å². The van der Waals surface area contributed by atoms with E-state index in [9.17, 15) is 8.42 Å². The topological polar surface area (TPSA) is 66.4 Å². The summed E-state index contributed by atoms with van der Waals surface area (Å²) in [7, 11) is -3.72. The molecule has 0 unspecified atom stereocenters. The molecule has 0 atom stereocenters.